The van der Waals surface area contributed by atoms with Gasteiger partial charge in [-0.25, -0.2) is 0 Å². The van der Waals surface area contributed by atoms with Crippen LogP contribution >= 0.6 is 27.3 Å². The van der Waals surface area contributed by atoms with E-state index in [1.165, 1.54) is 11.3 Å². The molecule has 0 bridgehead atoms. The van der Waals surface area contributed by atoms with E-state index >= 15 is 0 Å². The lowest BCUT2D eigenvalue weighted by atomic mass is 10.1. The van der Waals surface area contributed by atoms with Crippen LogP contribution in [0.5, 0.6) is 0 Å². The molecule has 0 saturated carbocycles. The number of hydrogen-bond donors (Lipinski definition) is 1. The van der Waals surface area contributed by atoms with Crippen molar-refractivity contribution in [2.45, 2.75) is 20.3 Å². The predicted octanol–water partition coefficient (Wildman–Crippen LogP) is 4.51. The lowest BCUT2D eigenvalue weighted by Crippen LogP contribution is -2.11. The topological polar surface area (TPSA) is 52.9 Å². The lowest BCUT2D eigenvalue weighted by molar-refractivity contribution is 0.102. The molecule has 3 nitrogen and oxygen atoms in total. The maximum atomic E-state index is 12.2. The van der Waals surface area contributed by atoms with Gasteiger partial charge in [-0.15, -0.1) is 11.3 Å². The number of amides is 1. The molecule has 0 aliphatic carbocycles. The summed E-state index contributed by atoms with van der Waals surface area (Å²) < 4.78 is 0.923. The monoisotopic (exact) mass is 348 g/mol. The van der Waals surface area contributed by atoms with Gasteiger partial charge in [0.15, 0.2) is 0 Å². The first-order chi connectivity index (χ1) is 9.56. The molecule has 2 rings (SSSR count). The number of anilines is 1. The van der Waals surface area contributed by atoms with Crippen LogP contribution in [0.3, 0.4) is 0 Å². The molecule has 0 aliphatic rings. The molecule has 5 heteroatoms. The van der Waals surface area contributed by atoms with Crippen LogP contribution in [0.15, 0.2) is 28.7 Å². The summed E-state index contributed by atoms with van der Waals surface area (Å²) in [5.74, 6) is -0.196. The molecule has 102 valence electrons. The maximum absolute atomic E-state index is 12.2. The van der Waals surface area contributed by atoms with Gasteiger partial charge in [0.25, 0.3) is 5.91 Å². The molecule has 1 heterocycles. The van der Waals surface area contributed by atoms with Crippen LogP contribution in [0.25, 0.3) is 0 Å². The summed E-state index contributed by atoms with van der Waals surface area (Å²) in [5.41, 5.74) is 2.17. The summed E-state index contributed by atoms with van der Waals surface area (Å²) in [6.07, 6.45) is 0.791. The Bertz CT molecular complexity index is 683. The summed E-state index contributed by atoms with van der Waals surface area (Å²) in [5, 5.41) is 12.7. The van der Waals surface area contributed by atoms with Crippen molar-refractivity contribution in [3.05, 3.63) is 50.3 Å². The van der Waals surface area contributed by atoms with E-state index < -0.39 is 0 Å². The Labute approximate surface area is 130 Å². The molecule has 2 aromatic rings. The van der Waals surface area contributed by atoms with E-state index in [9.17, 15) is 10.1 Å². The summed E-state index contributed by atoms with van der Waals surface area (Å²) in [4.78, 5) is 13.3. The molecule has 0 radical (unpaired) electrons. The number of halogens is 1. The van der Waals surface area contributed by atoms with Crippen LogP contribution < -0.4 is 5.32 Å². The number of nitrogens with one attached hydrogen (secondary N) is 1. The first kappa shape index (κ1) is 14.8. The molecule has 1 N–H and O–H groups in total. The fourth-order valence-corrected chi connectivity index (χ4v) is 3.34. The summed E-state index contributed by atoms with van der Waals surface area (Å²) >= 11 is 4.79. The normalized spacial score (nSPS) is 10.1. The van der Waals surface area contributed by atoms with E-state index in [4.69, 9.17) is 0 Å². The van der Waals surface area contributed by atoms with Crippen molar-refractivity contribution >= 4 is 38.2 Å². The number of hydrogen-bond acceptors (Lipinski definition) is 3. The molecule has 0 unspecified atom stereocenters. The zero-order valence-electron chi connectivity index (χ0n) is 11.2. The SMILES string of the molecule is CCc1c(C)sc(NC(=O)c2ccc(Br)cc2)c1C#N. The standard InChI is InChI=1S/C15H13BrN2OS/c1-3-12-9(2)20-15(13(12)8-17)18-14(19)10-4-6-11(16)7-5-10/h4-7H,3H2,1-2H3,(H,18,19). The number of carbonyl (C=O) groups excluding carboxylic acids is 1. The van der Waals surface area contributed by atoms with Crippen LogP contribution in [-0.4, -0.2) is 5.91 Å². The first-order valence-electron chi connectivity index (χ1n) is 6.16. The first-order valence-corrected chi connectivity index (χ1v) is 7.77. The van der Waals surface area contributed by atoms with Crippen molar-refractivity contribution < 1.29 is 4.79 Å². The third-order valence-corrected chi connectivity index (χ3v) is 4.60. The molecule has 0 atom stereocenters. The van der Waals surface area contributed by atoms with Crippen molar-refractivity contribution in [1.82, 2.24) is 0 Å². The fraction of sp³-hybridized carbons (Fsp3) is 0.200. The van der Waals surface area contributed by atoms with Crippen molar-refractivity contribution in [1.29, 1.82) is 5.26 Å². The molecule has 0 aliphatic heterocycles. The Morgan fingerprint density at radius 3 is 2.60 bits per heavy atom. The summed E-state index contributed by atoms with van der Waals surface area (Å²) in [7, 11) is 0. The summed E-state index contributed by atoms with van der Waals surface area (Å²) in [6, 6.07) is 9.31. The number of aryl methyl sites for hydroxylation is 1. The number of thiophene rings is 1. The average molecular weight is 349 g/mol. The zero-order chi connectivity index (χ0) is 14.7. The third-order valence-electron chi connectivity index (χ3n) is 3.01. The smallest absolute Gasteiger partial charge is 0.256 e. The van der Waals surface area contributed by atoms with E-state index in [2.05, 4.69) is 27.3 Å². The van der Waals surface area contributed by atoms with E-state index in [1.54, 1.807) is 12.1 Å². The van der Waals surface area contributed by atoms with Crippen molar-refractivity contribution in [3.63, 3.8) is 0 Å². The number of nitrogens with zero attached hydrogens (tertiary/aromatic N) is 1. The molecule has 1 aromatic heterocycles. The molecule has 1 amide bonds. The van der Waals surface area contributed by atoms with Gasteiger partial charge in [-0.2, -0.15) is 5.26 Å². The molecule has 0 fully saturated rings. The largest absolute Gasteiger partial charge is 0.312 e. The molecule has 0 saturated heterocycles. The van der Waals surface area contributed by atoms with Crippen molar-refractivity contribution in [2.24, 2.45) is 0 Å². The predicted molar refractivity (Wildman–Crippen MR) is 85.2 cm³/mol. The van der Waals surface area contributed by atoms with Crippen molar-refractivity contribution in [2.75, 3.05) is 5.32 Å². The minimum Gasteiger partial charge on any atom is -0.312 e. The van der Waals surface area contributed by atoms with E-state index in [1.807, 2.05) is 26.0 Å². The van der Waals surface area contributed by atoms with Gasteiger partial charge in [-0.3, -0.25) is 4.79 Å². The Kier molecular flexibility index (Phi) is 4.58. The highest BCUT2D eigenvalue weighted by atomic mass is 79.9. The summed E-state index contributed by atoms with van der Waals surface area (Å²) in [6.45, 7) is 3.98. The van der Waals surface area contributed by atoms with E-state index in [-0.39, 0.29) is 5.91 Å². The number of carbonyl (C=O) groups is 1. The second kappa shape index (κ2) is 6.21. The van der Waals surface area contributed by atoms with Gasteiger partial charge >= 0.3 is 0 Å². The fourth-order valence-electron chi connectivity index (χ4n) is 1.99. The van der Waals surface area contributed by atoms with Crippen LogP contribution in [-0.2, 0) is 6.42 Å². The Balaban J connectivity index is 2.29. The Hall–Kier alpha value is -1.64. The lowest BCUT2D eigenvalue weighted by Gasteiger charge is -2.03. The van der Waals surface area contributed by atoms with Gasteiger partial charge in [-0.05, 0) is 43.2 Å². The second-order valence-electron chi connectivity index (χ2n) is 4.27. The van der Waals surface area contributed by atoms with Gasteiger partial charge in [0.05, 0.1) is 5.56 Å². The van der Waals surface area contributed by atoms with Crippen LogP contribution in [0.1, 0.15) is 33.3 Å². The molecule has 1 aromatic carbocycles. The van der Waals surface area contributed by atoms with Crippen LogP contribution in [0.2, 0.25) is 0 Å². The van der Waals surface area contributed by atoms with Gasteiger partial charge in [0.2, 0.25) is 0 Å². The highest BCUT2D eigenvalue weighted by Crippen LogP contribution is 2.33. The quantitative estimate of drug-likeness (QED) is 0.887. The Morgan fingerprint density at radius 2 is 2.05 bits per heavy atom. The molecule has 0 spiro atoms. The van der Waals surface area contributed by atoms with Gasteiger partial charge < -0.3 is 5.32 Å². The van der Waals surface area contributed by atoms with Crippen molar-refractivity contribution in [3.8, 4) is 6.07 Å². The van der Waals surface area contributed by atoms with Crippen LogP contribution in [0, 0.1) is 18.3 Å². The van der Waals surface area contributed by atoms with Gasteiger partial charge in [-0.1, -0.05) is 22.9 Å². The second-order valence-corrected chi connectivity index (χ2v) is 6.41. The minimum absolute atomic E-state index is 0.196. The highest BCUT2D eigenvalue weighted by molar-refractivity contribution is 9.10. The van der Waals surface area contributed by atoms with E-state index in [0.717, 1.165) is 21.3 Å². The number of benzene rings is 1. The molecule has 20 heavy (non-hydrogen) atoms. The molecular weight excluding hydrogens is 336 g/mol. The number of nitriles is 1. The third kappa shape index (κ3) is 2.92. The van der Waals surface area contributed by atoms with E-state index in [0.29, 0.717) is 16.1 Å². The Morgan fingerprint density at radius 1 is 1.40 bits per heavy atom. The number of rotatable bonds is 3. The van der Waals surface area contributed by atoms with Gasteiger partial charge in [0, 0.05) is 14.9 Å². The van der Waals surface area contributed by atoms with Crippen LogP contribution in [0.4, 0.5) is 5.00 Å². The van der Waals surface area contributed by atoms with Gasteiger partial charge in [0.1, 0.15) is 11.1 Å². The zero-order valence-corrected chi connectivity index (χ0v) is 13.6. The maximum Gasteiger partial charge on any atom is 0.256 e. The highest BCUT2D eigenvalue weighted by Gasteiger charge is 2.16. The molecular formula is C15H13BrN2OS. The minimum atomic E-state index is -0.196. The average Bonchev–Trinajstić information content (AvgIpc) is 2.74.